The Labute approximate surface area is 101 Å². The van der Waals surface area contributed by atoms with Gasteiger partial charge in [0, 0.05) is 12.6 Å². The van der Waals surface area contributed by atoms with Gasteiger partial charge < -0.3 is 15.7 Å². The van der Waals surface area contributed by atoms with Crippen molar-refractivity contribution in [1.82, 2.24) is 4.90 Å². The molecule has 1 saturated carbocycles. The molecule has 17 heavy (non-hydrogen) atoms. The molecular formula is C12H20N2O3. The van der Waals surface area contributed by atoms with Crippen LogP contribution in [0, 0.1) is 5.92 Å². The summed E-state index contributed by atoms with van der Waals surface area (Å²) < 4.78 is 0. The second-order valence-electron chi connectivity index (χ2n) is 5.45. The van der Waals surface area contributed by atoms with Gasteiger partial charge in [-0.05, 0) is 38.5 Å². The van der Waals surface area contributed by atoms with Crippen LogP contribution in [0.2, 0.25) is 0 Å². The van der Waals surface area contributed by atoms with E-state index >= 15 is 0 Å². The Morgan fingerprint density at radius 1 is 1.41 bits per heavy atom. The summed E-state index contributed by atoms with van der Waals surface area (Å²) in [4.78, 5) is 24.8. The maximum absolute atomic E-state index is 12.3. The predicted octanol–water partition coefficient (Wildman–Crippen LogP) is 0.579. The Morgan fingerprint density at radius 3 is 2.59 bits per heavy atom. The van der Waals surface area contributed by atoms with Gasteiger partial charge in [0.2, 0.25) is 5.91 Å². The van der Waals surface area contributed by atoms with E-state index in [9.17, 15) is 9.59 Å². The van der Waals surface area contributed by atoms with Crippen molar-refractivity contribution in [3.05, 3.63) is 0 Å². The second-order valence-corrected chi connectivity index (χ2v) is 5.45. The molecule has 5 nitrogen and oxygen atoms in total. The van der Waals surface area contributed by atoms with E-state index in [4.69, 9.17) is 10.8 Å². The number of carbonyl (C=O) groups excluding carboxylic acids is 1. The van der Waals surface area contributed by atoms with E-state index in [1.165, 1.54) is 0 Å². The Hall–Kier alpha value is -1.10. The number of amides is 1. The molecular weight excluding hydrogens is 220 g/mol. The third-order valence-corrected chi connectivity index (χ3v) is 3.93. The molecule has 0 bridgehead atoms. The zero-order valence-electron chi connectivity index (χ0n) is 10.2. The lowest BCUT2D eigenvalue weighted by Crippen LogP contribution is -2.56. The van der Waals surface area contributed by atoms with E-state index in [1.807, 2.05) is 0 Å². The number of hydrogen-bond donors (Lipinski definition) is 2. The number of nitrogens with two attached hydrogens (primary N) is 1. The predicted molar refractivity (Wildman–Crippen MR) is 62.3 cm³/mol. The van der Waals surface area contributed by atoms with E-state index in [-0.39, 0.29) is 24.3 Å². The van der Waals surface area contributed by atoms with Gasteiger partial charge in [-0.25, -0.2) is 0 Å². The molecule has 2 rings (SSSR count). The zero-order valence-corrected chi connectivity index (χ0v) is 10.2. The van der Waals surface area contributed by atoms with E-state index in [2.05, 4.69) is 0 Å². The lowest BCUT2D eigenvalue weighted by molar-refractivity contribution is -0.142. The van der Waals surface area contributed by atoms with Gasteiger partial charge in [-0.2, -0.15) is 0 Å². The van der Waals surface area contributed by atoms with Crippen LogP contribution >= 0.6 is 0 Å². The summed E-state index contributed by atoms with van der Waals surface area (Å²) in [5.74, 6) is -0.635. The van der Waals surface area contributed by atoms with Gasteiger partial charge in [-0.1, -0.05) is 0 Å². The lowest BCUT2D eigenvalue weighted by Gasteiger charge is -2.32. The van der Waals surface area contributed by atoms with E-state index < -0.39 is 11.5 Å². The first-order chi connectivity index (χ1) is 7.93. The fraction of sp³-hybridized carbons (Fsp3) is 0.833. The topological polar surface area (TPSA) is 83.6 Å². The standard InChI is InChI=1S/C12H20N2O3/c1-12(13,8-4-5-8)11(17)14-6-2-3-9(14)7-10(15)16/h8-9H,2-7,13H2,1H3,(H,15,16). The molecule has 2 aliphatic rings. The van der Waals surface area contributed by atoms with Crippen LogP contribution in [-0.4, -0.2) is 40.0 Å². The van der Waals surface area contributed by atoms with Crippen molar-refractivity contribution in [2.45, 2.75) is 50.6 Å². The molecule has 0 aromatic heterocycles. The number of carboxylic acids is 1. The molecule has 0 radical (unpaired) electrons. The first-order valence-corrected chi connectivity index (χ1v) is 6.24. The molecule has 0 aromatic carbocycles. The average Bonchev–Trinajstić information content (AvgIpc) is 3.00. The number of rotatable bonds is 4. The summed E-state index contributed by atoms with van der Waals surface area (Å²) in [5, 5.41) is 8.83. The average molecular weight is 240 g/mol. The summed E-state index contributed by atoms with van der Waals surface area (Å²) >= 11 is 0. The van der Waals surface area contributed by atoms with Gasteiger partial charge in [0.15, 0.2) is 0 Å². The summed E-state index contributed by atoms with van der Waals surface area (Å²) in [7, 11) is 0. The highest BCUT2D eigenvalue weighted by atomic mass is 16.4. The number of likely N-dealkylation sites (tertiary alicyclic amines) is 1. The molecule has 2 unspecified atom stereocenters. The third kappa shape index (κ3) is 2.44. The lowest BCUT2D eigenvalue weighted by atomic mass is 9.94. The normalized spacial score (nSPS) is 27.9. The molecule has 5 heteroatoms. The maximum Gasteiger partial charge on any atom is 0.305 e. The monoisotopic (exact) mass is 240 g/mol. The van der Waals surface area contributed by atoms with Crippen LogP contribution < -0.4 is 5.73 Å². The Kier molecular flexibility index (Phi) is 3.12. The molecule has 3 N–H and O–H groups in total. The van der Waals surface area contributed by atoms with E-state index in [0.717, 1.165) is 25.7 Å². The van der Waals surface area contributed by atoms with Gasteiger partial charge in [-0.3, -0.25) is 9.59 Å². The number of hydrogen-bond acceptors (Lipinski definition) is 3. The fourth-order valence-corrected chi connectivity index (χ4v) is 2.68. The van der Waals surface area contributed by atoms with Crippen LogP contribution in [0.1, 0.15) is 39.0 Å². The summed E-state index contributed by atoms with van der Waals surface area (Å²) in [6.45, 7) is 2.43. The largest absolute Gasteiger partial charge is 0.481 e. The number of nitrogens with zero attached hydrogens (tertiary/aromatic N) is 1. The number of carboxylic acid groups (broad SMARTS) is 1. The molecule has 1 heterocycles. The maximum atomic E-state index is 12.3. The van der Waals surface area contributed by atoms with Crippen LogP contribution in [0.4, 0.5) is 0 Å². The molecule has 1 amide bonds. The Balaban J connectivity index is 2.04. The smallest absolute Gasteiger partial charge is 0.305 e. The van der Waals surface area contributed by atoms with Crippen molar-refractivity contribution in [1.29, 1.82) is 0 Å². The molecule has 2 fully saturated rings. The van der Waals surface area contributed by atoms with E-state index in [0.29, 0.717) is 6.54 Å². The van der Waals surface area contributed by atoms with Crippen molar-refractivity contribution < 1.29 is 14.7 Å². The summed E-state index contributed by atoms with van der Waals surface area (Å²) in [6.07, 6.45) is 3.71. The van der Waals surface area contributed by atoms with Gasteiger partial charge in [0.25, 0.3) is 0 Å². The Bertz CT molecular complexity index is 337. The van der Waals surface area contributed by atoms with Gasteiger partial charge >= 0.3 is 5.97 Å². The minimum atomic E-state index is -0.847. The molecule has 96 valence electrons. The quantitative estimate of drug-likeness (QED) is 0.753. The third-order valence-electron chi connectivity index (χ3n) is 3.93. The highest BCUT2D eigenvalue weighted by Gasteiger charge is 2.47. The highest BCUT2D eigenvalue weighted by molar-refractivity contribution is 5.87. The highest BCUT2D eigenvalue weighted by Crippen LogP contribution is 2.40. The fourth-order valence-electron chi connectivity index (χ4n) is 2.68. The molecule has 1 saturated heterocycles. The molecule has 1 aliphatic heterocycles. The van der Waals surface area contributed by atoms with Gasteiger partial charge in [-0.15, -0.1) is 0 Å². The SMILES string of the molecule is CC(N)(C(=O)N1CCCC1CC(=O)O)C1CC1. The summed E-state index contributed by atoms with van der Waals surface area (Å²) in [6, 6.07) is -0.165. The minimum Gasteiger partial charge on any atom is -0.481 e. The van der Waals surface area contributed by atoms with Crippen molar-refractivity contribution in [2.24, 2.45) is 11.7 Å². The van der Waals surface area contributed by atoms with Crippen LogP contribution in [0.15, 0.2) is 0 Å². The molecule has 1 aliphatic carbocycles. The van der Waals surface area contributed by atoms with Crippen LogP contribution in [0.25, 0.3) is 0 Å². The van der Waals surface area contributed by atoms with Crippen LogP contribution in [-0.2, 0) is 9.59 Å². The van der Waals surface area contributed by atoms with Crippen LogP contribution in [0.5, 0.6) is 0 Å². The number of carbonyl (C=O) groups is 2. The first kappa shape index (κ1) is 12.4. The van der Waals surface area contributed by atoms with Gasteiger partial charge in [0.1, 0.15) is 0 Å². The van der Waals surface area contributed by atoms with Gasteiger partial charge in [0.05, 0.1) is 12.0 Å². The minimum absolute atomic E-state index is 0.0342. The number of aliphatic carboxylic acids is 1. The van der Waals surface area contributed by atoms with Crippen molar-refractivity contribution >= 4 is 11.9 Å². The summed E-state index contributed by atoms with van der Waals surface area (Å²) in [5.41, 5.74) is 5.30. The Morgan fingerprint density at radius 2 is 2.06 bits per heavy atom. The van der Waals surface area contributed by atoms with Crippen molar-refractivity contribution in [3.8, 4) is 0 Å². The van der Waals surface area contributed by atoms with Crippen molar-refractivity contribution in [2.75, 3.05) is 6.54 Å². The molecule has 2 atom stereocenters. The van der Waals surface area contributed by atoms with Crippen molar-refractivity contribution in [3.63, 3.8) is 0 Å². The zero-order chi connectivity index (χ0) is 12.6. The van der Waals surface area contributed by atoms with E-state index in [1.54, 1.807) is 11.8 Å². The molecule has 0 aromatic rings. The van der Waals surface area contributed by atoms with Crippen LogP contribution in [0.3, 0.4) is 0 Å². The second kappa shape index (κ2) is 4.29. The first-order valence-electron chi connectivity index (χ1n) is 6.24. The molecule has 0 spiro atoms.